The van der Waals surface area contributed by atoms with E-state index in [9.17, 15) is 0 Å². The van der Waals surface area contributed by atoms with Crippen molar-refractivity contribution >= 4 is 22.0 Å². The topological polar surface area (TPSA) is 78.7 Å². The second kappa shape index (κ2) is 10.2. The van der Waals surface area contributed by atoms with E-state index in [1.165, 1.54) is 0 Å². The van der Waals surface area contributed by atoms with Crippen LogP contribution in [-0.2, 0) is 0 Å². The predicted molar refractivity (Wildman–Crippen MR) is 111 cm³/mol. The summed E-state index contributed by atoms with van der Waals surface area (Å²) in [4.78, 5) is 0. The number of nitrogens with one attached hydrogen (secondary N) is 6. The molecule has 0 amide bonds. The van der Waals surface area contributed by atoms with Gasteiger partial charge in [-0.25, -0.2) is 8.61 Å². The lowest BCUT2D eigenvalue weighted by molar-refractivity contribution is 0.212. The summed E-state index contributed by atoms with van der Waals surface area (Å²) in [6, 6.07) is 2.16. The molecule has 4 atom stereocenters. The Kier molecular flexibility index (Phi) is 7.75. The maximum atomic E-state index is 3.71. The standard InChI is InChI=1S/C16H34N8S2/c1-3-21-13(9-17-1)15-11-19-5-7-23(15)25-26-24-8-6-20-12-16(24)14-10-18-2-4-22-14/h13-22H,1-12H2. The molecule has 4 rings (SSSR count). The molecule has 0 radical (unpaired) electrons. The van der Waals surface area contributed by atoms with Crippen molar-refractivity contribution in [1.82, 2.24) is 40.5 Å². The van der Waals surface area contributed by atoms with Gasteiger partial charge < -0.3 is 31.9 Å². The third-order valence-electron chi connectivity index (χ3n) is 5.76. The van der Waals surface area contributed by atoms with Gasteiger partial charge in [-0.15, -0.1) is 0 Å². The molecule has 26 heavy (non-hydrogen) atoms. The Morgan fingerprint density at radius 3 is 1.42 bits per heavy atom. The zero-order chi connectivity index (χ0) is 17.6. The molecule has 0 aliphatic carbocycles. The minimum absolute atomic E-state index is 0.535. The number of piperazine rings is 4. The SMILES string of the molecule is C1CNC(C2CNCCN2SSN2CCNCC2C2CNCCN2)CN1. The summed E-state index contributed by atoms with van der Waals surface area (Å²) in [5.74, 6) is 0. The molecule has 4 saturated heterocycles. The van der Waals surface area contributed by atoms with Crippen molar-refractivity contribution in [2.75, 3.05) is 78.5 Å². The van der Waals surface area contributed by atoms with E-state index < -0.39 is 0 Å². The molecule has 4 aliphatic rings. The highest BCUT2D eigenvalue weighted by atomic mass is 33.1. The van der Waals surface area contributed by atoms with Crippen molar-refractivity contribution in [3.05, 3.63) is 0 Å². The van der Waals surface area contributed by atoms with Gasteiger partial charge in [0.1, 0.15) is 0 Å². The molecular weight excluding hydrogens is 368 g/mol. The van der Waals surface area contributed by atoms with Crippen LogP contribution in [0.3, 0.4) is 0 Å². The predicted octanol–water partition coefficient (Wildman–Crippen LogP) is -2.13. The van der Waals surface area contributed by atoms with Crippen LogP contribution in [-0.4, -0.2) is 111 Å². The molecule has 0 aromatic heterocycles. The van der Waals surface area contributed by atoms with Crippen molar-refractivity contribution in [3.8, 4) is 0 Å². The Balaban J connectivity index is 1.32. The van der Waals surface area contributed by atoms with E-state index in [0.29, 0.717) is 24.2 Å². The van der Waals surface area contributed by atoms with Crippen molar-refractivity contribution < 1.29 is 0 Å². The first-order valence-electron chi connectivity index (χ1n) is 10.1. The molecule has 4 aliphatic heterocycles. The largest absolute Gasteiger partial charge is 0.314 e. The highest BCUT2D eigenvalue weighted by Crippen LogP contribution is 2.35. The number of nitrogens with zero attached hydrogens (tertiary/aromatic N) is 2. The Morgan fingerprint density at radius 1 is 0.538 bits per heavy atom. The van der Waals surface area contributed by atoms with Crippen LogP contribution < -0.4 is 31.9 Å². The summed E-state index contributed by atoms with van der Waals surface area (Å²) in [6.07, 6.45) is 0. The summed E-state index contributed by atoms with van der Waals surface area (Å²) < 4.78 is 5.22. The van der Waals surface area contributed by atoms with Crippen LogP contribution >= 0.6 is 22.0 Å². The second-order valence-electron chi connectivity index (χ2n) is 7.50. The van der Waals surface area contributed by atoms with E-state index in [-0.39, 0.29) is 0 Å². The van der Waals surface area contributed by atoms with Crippen LogP contribution in [0.25, 0.3) is 0 Å². The molecule has 0 aromatic rings. The van der Waals surface area contributed by atoms with Crippen LogP contribution in [0.15, 0.2) is 0 Å². The highest BCUT2D eigenvalue weighted by molar-refractivity contribution is 8.74. The average molecular weight is 403 g/mol. The van der Waals surface area contributed by atoms with Gasteiger partial charge in [0.05, 0.1) is 12.1 Å². The molecule has 4 unspecified atom stereocenters. The van der Waals surface area contributed by atoms with Gasteiger partial charge in [-0.2, -0.15) is 0 Å². The van der Waals surface area contributed by atoms with Gasteiger partial charge in [0, 0.05) is 113 Å². The fourth-order valence-corrected chi connectivity index (χ4v) is 7.06. The normalized spacial score (nSPS) is 38.3. The molecular formula is C16H34N8S2. The van der Waals surface area contributed by atoms with Gasteiger partial charge >= 0.3 is 0 Å². The maximum absolute atomic E-state index is 3.71. The fourth-order valence-electron chi connectivity index (χ4n) is 4.27. The lowest BCUT2D eigenvalue weighted by Gasteiger charge is -2.44. The minimum Gasteiger partial charge on any atom is -0.314 e. The first kappa shape index (κ1) is 19.7. The van der Waals surface area contributed by atoms with Gasteiger partial charge in [-0.1, -0.05) is 0 Å². The van der Waals surface area contributed by atoms with E-state index in [0.717, 1.165) is 78.5 Å². The van der Waals surface area contributed by atoms with Crippen LogP contribution in [0.5, 0.6) is 0 Å². The molecule has 8 nitrogen and oxygen atoms in total. The highest BCUT2D eigenvalue weighted by Gasteiger charge is 2.35. The summed E-state index contributed by atoms with van der Waals surface area (Å²) in [7, 11) is 3.93. The lowest BCUT2D eigenvalue weighted by Crippen LogP contribution is -2.64. The Hall–Kier alpha value is 0.380. The summed E-state index contributed by atoms with van der Waals surface area (Å²) in [5.41, 5.74) is 0. The van der Waals surface area contributed by atoms with E-state index in [4.69, 9.17) is 0 Å². The Labute approximate surface area is 165 Å². The van der Waals surface area contributed by atoms with Crippen LogP contribution in [0.4, 0.5) is 0 Å². The van der Waals surface area contributed by atoms with Crippen LogP contribution in [0, 0.1) is 0 Å². The van der Waals surface area contributed by atoms with Gasteiger partial charge in [-0.05, 0) is 0 Å². The van der Waals surface area contributed by atoms with Gasteiger partial charge in [0.25, 0.3) is 0 Å². The maximum Gasteiger partial charge on any atom is 0.0501 e. The molecule has 0 aromatic carbocycles. The number of rotatable bonds is 5. The summed E-state index contributed by atoms with van der Waals surface area (Å²) >= 11 is 0. The Morgan fingerprint density at radius 2 is 1.00 bits per heavy atom. The quantitative estimate of drug-likeness (QED) is 0.227. The molecule has 0 saturated carbocycles. The van der Waals surface area contributed by atoms with Crippen LogP contribution in [0.2, 0.25) is 0 Å². The van der Waals surface area contributed by atoms with E-state index in [1.54, 1.807) is 0 Å². The smallest absolute Gasteiger partial charge is 0.0501 e. The summed E-state index contributed by atoms with van der Waals surface area (Å²) in [5, 5.41) is 21.7. The van der Waals surface area contributed by atoms with E-state index in [1.807, 2.05) is 22.0 Å². The number of hydrogen-bond acceptors (Lipinski definition) is 10. The lowest BCUT2D eigenvalue weighted by atomic mass is 10.1. The molecule has 150 valence electrons. The van der Waals surface area contributed by atoms with E-state index in [2.05, 4.69) is 40.5 Å². The first-order chi connectivity index (χ1) is 12.9. The second-order valence-corrected chi connectivity index (χ2v) is 9.63. The number of hydrogen-bond donors (Lipinski definition) is 6. The molecule has 10 heteroatoms. The van der Waals surface area contributed by atoms with E-state index >= 15 is 0 Å². The molecule has 4 fully saturated rings. The monoisotopic (exact) mass is 402 g/mol. The zero-order valence-electron chi connectivity index (χ0n) is 15.5. The van der Waals surface area contributed by atoms with Crippen molar-refractivity contribution in [1.29, 1.82) is 0 Å². The fraction of sp³-hybridized carbons (Fsp3) is 1.00. The Bertz CT molecular complexity index is 381. The van der Waals surface area contributed by atoms with Crippen molar-refractivity contribution in [3.63, 3.8) is 0 Å². The van der Waals surface area contributed by atoms with Crippen molar-refractivity contribution in [2.24, 2.45) is 0 Å². The molecule has 6 N–H and O–H groups in total. The zero-order valence-corrected chi connectivity index (χ0v) is 17.1. The third kappa shape index (κ3) is 5.05. The molecule has 4 heterocycles. The minimum atomic E-state index is 0.535. The van der Waals surface area contributed by atoms with Crippen molar-refractivity contribution in [2.45, 2.75) is 24.2 Å². The molecule has 0 bridgehead atoms. The van der Waals surface area contributed by atoms with Gasteiger partial charge in [0.15, 0.2) is 0 Å². The first-order valence-corrected chi connectivity index (χ1v) is 12.2. The summed E-state index contributed by atoms with van der Waals surface area (Å²) in [6.45, 7) is 13.0. The van der Waals surface area contributed by atoms with Gasteiger partial charge in [-0.3, -0.25) is 0 Å². The average Bonchev–Trinajstić information content (AvgIpc) is 2.74. The van der Waals surface area contributed by atoms with Gasteiger partial charge in [0.2, 0.25) is 0 Å². The molecule has 0 spiro atoms. The van der Waals surface area contributed by atoms with Crippen LogP contribution in [0.1, 0.15) is 0 Å². The third-order valence-corrected chi connectivity index (χ3v) is 8.47.